The van der Waals surface area contributed by atoms with E-state index in [0.29, 0.717) is 28.1 Å². The molecule has 0 spiro atoms. The third-order valence-electron chi connectivity index (χ3n) is 4.43. The van der Waals surface area contributed by atoms with Gasteiger partial charge in [0.15, 0.2) is 0 Å². The molecule has 1 atom stereocenters. The number of carbonyl (C=O) groups is 2. The molecule has 1 unspecified atom stereocenters. The van der Waals surface area contributed by atoms with Gasteiger partial charge in [-0.05, 0) is 36.8 Å². The zero-order valence-corrected chi connectivity index (χ0v) is 16.9. The van der Waals surface area contributed by atoms with E-state index in [4.69, 9.17) is 11.6 Å². The maximum atomic E-state index is 12.9. The van der Waals surface area contributed by atoms with Gasteiger partial charge in [-0.15, -0.1) is 11.8 Å². The molecule has 0 fully saturated rings. The van der Waals surface area contributed by atoms with Crippen LogP contribution < -0.4 is 15.5 Å². The topological polar surface area (TPSA) is 61.4 Å². The predicted molar refractivity (Wildman–Crippen MR) is 112 cm³/mol. The molecular weight excluding hydrogens is 382 g/mol. The lowest BCUT2D eigenvalue weighted by atomic mass is 10.2. The van der Waals surface area contributed by atoms with Crippen LogP contribution in [-0.2, 0) is 4.79 Å². The third-order valence-corrected chi connectivity index (χ3v) is 6.00. The van der Waals surface area contributed by atoms with E-state index in [2.05, 4.69) is 23.6 Å². The highest BCUT2D eigenvalue weighted by atomic mass is 35.5. The maximum Gasteiger partial charge on any atom is 0.251 e. The van der Waals surface area contributed by atoms with Crippen LogP contribution in [0.5, 0.6) is 0 Å². The summed E-state index contributed by atoms with van der Waals surface area (Å²) in [5.41, 5.74) is 2.00. The first-order chi connectivity index (χ1) is 13.0. The van der Waals surface area contributed by atoms with Crippen LogP contribution in [0.2, 0.25) is 5.02 Å². The molecule has 1 aliphatic heterocycles. The molecule has 1 heterocycles. The van der Waals surface area contributed by atoms with E-state index in [1.807, 2.05) is 23.1 Å². The Hall–Kier alpha value is -2.18. The van der Waals surface area contributed by atoms with Gasteiger partial charge in [-0.25, -0.2) is 0 Å². The Labute approximate surface area is 168 Å². The Balaban J connectivity index is 1.76. The average Bonchev–Trinajstić information content (AvgIpc) is 2.84. The molecule has 142 valence electrons. The second-order valence-corrected chi connectivity index (χ2v) is 8.25. The molecule has 1 aliphatic rings. The summed E-state index contributed by atoms with van der Waals surface area (Å²) in [7, 11) is 1.57. The molecular formula is C20H22ClN3O2S. The smallest absolute Gasteiger partial charge is 0.251 e. The molecule has 5 nitrogen and oxygen atoms in total. The summed E-state index contributed by atoms with van der Waals surface area (Å²) in [4.78, 5) is 27.7. The highest BCUT2D eigenvalue weighted by Gasteiger charge is 2.24. The molecule has 0 aromatic heterocycles. The molecule has 2 aromatic rings. The molecule has 27 heavy (non-hydrogen) atoms. The number of nitrogens with one attached hydrogen (secondary N) is 2. The molecule has 0 radical (unpaired) electrons. The fourth-order valence-electron chi connectivity index (χ4n) is 2.96. The zero-order valence-electron chi connectivity index (χ0n) is 15.3. The molecule has 0 bridgehead atoms. The van der Waals surface area contributed by atoms with Crippen LogP contribution in [0.4, 0.5) is 11.4 Å². The summed E-state index contributed by atoms with van der Waals surface area (Å²) in [5, 5.41) is 6.58. The lowest BCUT2D eigenvalue weighted by molar-refractivity contribution is -0.117. The van der Waals surface area contributed by atoms with Crippen LogP contribution >= 0.6 is 23.4 Å². The number of hydrogen-bond acceptors (Lipinski definition) is 4. The molecule has 7 heteroatoms. The second-order valence-electron chi connectivity index (χ2n) is 6.36. The number of thioether (sulfide) groups is 1. The number of benzene rings is 2. The van der Waals surface area contributed by atoms with Crippen molar-refractivity contribution in [3.8, 4) is 0 Å². The van der Waals surface area contributed by atoms with Crippen molar-refractivity contribution < 1.29 is 9.59 Å². The first-order valence-corrected chi connectivity index (χ1v) is 10.1. The highest BCUT2D eigenvalue weighted by molar-refractivity contribution is 8.00. The number of nitrogens with zero attached hydrogens (tertiary/aromatic N) is 1. The Kier molecular flexibility index (Phi) is 6.29. The average molecular weight is 404 g/mol. The van der Waals surface area contributed by atoms with Gasteiger partial charge in [-0.1, -0.05) is 30.7 Å². The first-order valence-electron chi connectivity index (χ1n) is 8.81. The number of amides is 2. The van der Waals surface area contributed by atoms with Crippen LogP contribution in [0, 0.1) is 0 Å². The standard InChI is InChI=1S/C20H22ClN3O2S/c1-13-9-10-24(17-5-3-4-6-18(17)27-13)19(25)12-23-16-11-14(20(26)22-2)7-8-15(16)21/h3-8,11,13,23H,9-10,12H2,1-2H3,(H,22,26). The van der Waals surface area contributed by atoms with Gasteiger partial charge in [0.05, 0.1) is 22.9 Å². The van der Waals surface area contributed by atoms with E-state index < -0.39 is 0 Å². The molecule has 0 aliphatic carbocycles. The molecule has 2 amide bonds. The quantitative estimate of drug-likeness (QED) is 0.809. The Morgan fingerprint density at radius 2 is 2.04 bits per heavy atom. The third kappa shape index (κ3) is 4.57. The monoisotopic (exact) mass is 403 g/mol. The Morgan fingerprint density at radius 1 is 1.26 bits per heavy atom. The van der Waals surface area contributed by atoms with Gasteiger partial charge < -0.3 is 15.5 Å². The fraction of sp³-hybridized carbons (Fsp3) is 0.300. The largest absolute Gasteiger partial charge is 0.375 e. The molecule has 0 saturated carbocycles. The Morgan fingerprint density at radius 3 is 2.81 bits per heavy atom. The SMILES string of the molecule is CNC(=O)c1ccc(Cl)c(NCC(=O)N2CCC(C)Sc3ccccc32)c1. The Bertz CT molecular complexity index is 859. The highest BCUT2D eigenvalue weighted by Crippen LogP contribution is 2.37. The van der Waals surface area contributed by atoms with Crippen molar-refractivity contribution in [2.45, 2.75) is 23.5 Å². The fourth-order valence-corrected chi connectivity index (χ4v) is 4.26. The number of hydrogen-bond donors (Lipinski definition) is 2. The number of anilines is 2. The van der Waals surface area contributed by atoms with Gasteiger partial charge >= 0.3 is 0 Å². The van der Waals surface area contributed by atoms with Gasteiger partial charge in [0.25, 0.3) is 5.91 Å². The second kappa shape index (κ2) is 8.67. The zero-order chi connectivity index (χ0) is 19.4. The van der Waals surface area contributed by atoms with Crippen molar-refractivity contribution in [1.82, 2.24) is 5.32 Å². The van der Waals surface area contributed by atoms with E-state index in [9.17, 15) is 9.59 Å². The summed E-state index contributed by atoms with van der Waals surface area (Å²) in [6.07, 6.45) is 0.929. The van der Waals surface area contributed by atoms with Crippen LogP contribution in [0.25, 0.3) is 0 Å². The van der Waals surface area contributed by atoms with Gasteiger partial charge in [0.1, 0.15) is 0 Å². The van der Waals surface area contributed by atoms with Crippen molar-refractivity contribution in [3.63, 3.8) is 0 Å². The van der Waals surface area contributed by atoms with Gasteiger partial charge in [-0.3, -0.25) is 9.59 Å². The molecule has 3 rings (SSSR count). The predicted octanol–water partition coefficient (Wildman–Crippen LogP) is 4.03. The van der Waals surface area contributed by atoms with Crippen LogP contribution in [0.1, 0.15) is 23.7 Å². The number of halogens is 1. The molecule has 2 N–H and O–H groups in total. The van der Waals surface area contributed by atoms with Crippen molar-refractivity contribution in [2.75, 3.05) is 30.4 Å². The van der Waals surface area contributed by atoms with E-state index in [1.165, 1.54) is 0 Å². The minimum atomic E-state index is -0.200. The number of rotatable bonds is 4. The lowest BCUT2D eigenvalue weighted by Crippen LogP contribution is -2.36. The lowest BCUT2D eigenvalue weighted by Gasteiger charge is -2.23. The summed E-state index contributed by atoms with van der Waals surface area (Å²) >= 11 is 8.02. The maximum absolute atomic E-state index is 12.9. The van der Waals surface area contributed by atoms with Crippen molar-refractivity contribution in [1.29, 1.82) is 0 Å². The normalized spacial score (nSPS) is 16.3. The number of fused-ring (bicyclic) bond motifs is 1. The van der Waals surface area contributed by atoms with E-state index >= 15 is 0 Å². The van der Waals surface area contributed by atoms with Crippen LogP contribution in [-0.4, -0.2) is 37.2 Å². The van der Waals surface area contributed by atoms with E-state index in [0.717, 1.165) is 17.0 Å². The summed E-state index contributed by atoms with van der Waals surface area (Å²) in [5.74, 6) is -0.230. The van der Waals surface area contributed by atoms with Crippen LogP contribution in [0.15, 0.2) is 47.4 Å². The summed E-state index contributed by atoms with van der Waals surface area (Å²) < 4.78 is 0. The minimum Gasteiger partial charge on any atom is -0.375 e. The van der Waals surface area contributed by atoms with Crippen molar-refractivity contribution >= 4 is 46.6 Å². The van der Waals surface area contributed by atoms with Gasteiger partial charge in [0.2, 0.25) is 5.91 Å². The van der Waals surface area contributed by atoms with E-state index in [-0.39, 0.29) is 18.4 Å². The minimum absolute atomic E-state index is 0.0291. The summed E-state index contributed by atoms with van der Waals surface area (Å²) in [6.45, 7) is 2.96. The number of para-hydroxylation sites is 1. The molecule has 0 saturated heterocycles. The van der Waals surface area contributed by atoms with Gasteiger partial charge in [0, 0.05) is 29.3 Å². The van der Waals surface area contributed by atoms with Crippen molar-refractivity contribution in [2.24, 2.45) is 0 Å². The summed E-state index contributed by atoms with van der Waals surface area (Å²) in [6, 6.07) is 12.9. The molecule has 2 aromatic carbocycles. The van der Waals surface area contributed by atoms with Crippen LogP contribution in [0.3, 0.4) is 0 Å². The number of carbonyl (C=O) groups excluding carboxylic acids is 2. The van der Waals surface area contributed by atoms with Crippen molar-refractivity contribution in [3.05, 3.63) is 53.1 Å². The first kappa shape index (κ1) is 19.6. The van der Waals surface area contributed by atoms with E-state index in [1.54, 1.807) is 37.0 Å². The van der Waals surface area contributed by atoms with Gasteiger partial charge in [-0.2, -0.15) is 0 Å².